The van der Waals surface area contributed by atoms with E-state index in [1.165, 1.54) is 0 Å². The summed E-state index contributed by atoms with van der Waals surface area (Å²) >= 11 is 0. The number of ether oxygens (including phenoxy) is 1. The monoisotopic (exact) mass is 170 g/mol. The minimum absolute atomic E-state index is 0.576. The second-order valence-corrected chi connectivity index (χ2v) is 3.38. The number of nitrogens with zero attached hydrogens (tertiary/aromatic N) is 1. The maximum absolute atomic E-state index is 5.07. The topological polar surface area (TPSA) is 24.5 Å². The third-order valence-electron chi connectivity index (χ3n) is 2.08. The number of hydrogen-bond acceptors (Lipinski definition) is 3. The van der Waals surface area contributed by atoms with Crippen LogP contribution < -0.4 is 5.32 Å². The van der Waals surface area contributed by atoms with Gasteiger partial charge in [-0.05, 0) is 5.92 Å². The van der Waals surface area contributed by atoms with E-state index in [0.717, 1.165) is 32.1 Å². The quantitative estimate of drug-likeness (QED) is 0.670. The van der Waals surface area contributed by atoms with E-state index in [1.807, 2.05) is 0 Å². The Labute approximate surface area is 74.4 Å². The van der Waals surface area contributed by atoms with E-state index < -0.39 is 0 Å². The molecule has 12 heavy (non-hydrogen) atoms. The van der Waals surface area contributed by atoms with E-state index >= 15 is 0 Å². The molecule has 0 aromatic rings. The lowest BCUT2D eigenvalue weighted by molar-refractivity contribution is 0.143. The van der Waals surface area contributed by atoms with E-state index in [0.29, 0.717) is 5.92 Å². The van der Waals surface area contributed by atoms with Crippen LogP contribution in [0.4, 0.5) is 0 Å². The molecule has 1 atom stereocenters. The Bertz CT molecular complexity index is 159. The average molecular weight is 170 g/mol. The third-order valence-corrected chi connectivity index (χ3v) is 2.08. The van der Waals surface area contributed by atoms with E-state index in [9.17, 15) is 0 Å². The summed E-state index contributed by atoms with van der Waals surface area (Å²) in [6.07, 6.45) is 0. The molecule has 0 aromatic heterocycles. The summed E-state index contributed by atoms with van der Waals surface area (Å²) in [4.78, 5) is 2.27. The molecule has 1 heterocycles. The summed E-state index contributed by atoms with van der Waals surface area (Å²) in [5, 5.41) is 3.21. The van der Waals surface area contributed by atoms with Crippen molar-refractivity contribution < 1.29 is 4.74 Å². The summed E-state index contributed by atoms with van der Waals surface area (Å²) in [5.74, 6) is 1.63. The number of rotatable bonds is 4. The van der Waals surface area contributed by atoms with Crippen LogP contribution in [0, 0.1) is 5.92 Å². The van der Waals surface area contributed by atoms with Crippen LogP contribution in [-0.2, 0) is 4.74 Å². The lowest BCUT2D eigenvalue weighted by Gasteiger charge is -2.21. The fraction of sp³-hybridized carbons (Fsp3) is 0.778. The van der Waals surface area contributed by atoms with Crippen LogP contribution in [-0.4, -0.2) is 38.3 Å². The van der Waals surface area contributed by atoms with Crippen LogP contribution in [0.25, 0.3) is 0 Å². The van der Waals surface area contributed by atoms with Crippen molar-refractivity contribution in [2.45, 2.75) is 6.92 Å². The van der Waals surface area contributed by atoms with E-state index in [4.69, 9.17) is 4.74 Å². The van der Waals surface area contributed by atoms with Crippen LogP contribution >= 0.6 is 0 Å². The Balaban J connectivity index is 2.25. The van der Waals surface area contributed by atoms with Crippen molar-refractivity contribution >= 4 is 0 Å². The fourth-order valence-electron chi connectivity index (χ4n) is 1.50. The molecule has 3 nitrogen and oxygen atoms in total. The molecule has 3 heteroatoms. The van der Waals surface area contributed by atoms with Crippen molar-refractivity contribution in [1.29, 1.82) is 0 Å². The summed E-state index contributed by atoms with van der Waals surface area (Å²) in [6.45, 7) is 10.1. The first-order chi connectivity index (χ1) is 5.74. The molecule has 0 aliphatic carbocycles. The maximum atomic E-state index is 5.07. The summed E-state index contributed by atoms with van der Waals surface area (Å²) in [5.41, 5.74) is 0. The largest absolute Gasteiger partial charge is 0.384 e. The molecular weight excluding hydrogens is 152 g/mol. The van der Waals surface area contributed by atoms with Gasteiger partial charge in [-0.15, -0.1) is 0 Å². The molecule has 0 saturated carbocycles. The molecule has 1 N–H and O–H groups in total. The van der Waals surface area contributed by atoms with E-state index in [2.05, 4.69) is 23.7 Å². The second-order valence-electron chi connectivity index (χ2n) is 3.38. The van der Waals surface area contributed by atoms with Gasteiger partial charge in [-0.1, -0.05) is 13.5 Å². The molecule has 1 unspecified atom stereocenters. The standard InChI is InChI=1S/C9H18N2O/c1-8(7-12-3)6-11-5-4-10-9(11)2/h8,10H,2,4-7H2,1,3H3. The third kappa shape index (κ3) is 2.41. The van der Waals surface area contributed by atoms with E-state index in [1.54, 1.807) is 7.11 Å². The molecule has 0 radical (unpaired) electrons. The Morgan fingerprint density at radius 2 is 2.50 bits per heavy atom. The zero-order valence-corrected chi connectivity index (χ0v) is 7.97. The minimum atomic E-state index is 0.576. The molecule has 0 bridgehead atoms. The zero-order valence-electron chi connectivity index (χ0n) is 7.97. The SMILES string of the molecule is C=C1NCCN1CC(C)COC. The molecule has 1 aliphatic rings. The van der Waals surface area contributed by atoms with Crippen LogP contribution in [0.15, 0.2) is 12.4 Å². The number of methoxy groups -OCH3 is 1. The van der Waals surface area contributed by atoms with Gasteiger partial charge in [0.15, 0.2) is 0 Å². The van der Waals surface area contributed by atoms with Crippen molar-refractivity contribution in [2.75, 3.05) is 33.4 Å². The van der Waals surface area contributed by atoms with Gasteiger partial charge in [-0.2, -0.15) is 0 Å². The lowest BCUT2D eigenvalue weighted by atomic mass is 10.2. The molecule has 1 rings (SSSR count). The van der Waals surface area contributed by atoms with Gasteiger partial charge in [0.2, 0.25) is 0 Å². The molecule has 0 aromatic carbocycles. The van der Waals surface area contributed by atoms with Gasteiger partial charge in [0, 0.05) is 26.7 Å². The van der Waals surface area contributed by atoms with Gasteiger partial charge in [0.1, 0.15) is 0 Å². The first kappa shape index (κ1) is 9.39. The summed E-state index contributed by atoms with van der Waals surface area (Å²) < 4.78 is 5.07. The van der Waals surface area contributed by atoms with Crippen molar-refractivity contribution in [2.24, 2.45) is 5.92 Å². The Morgan fingerprint density at radius 1 is 1.75 bits per heavy atom. The van der Waals surface area contributed by atoms with Gasteiger partial charge < -0.3 is 15.0 Å². The highest BCUT2D eigenvalue weighted by molar-refractivity contribution is 4.97. The molecular formula is C9H18N2O. The molecule has 0 spiro atoms. The Hall–Kier alpha value is -0.700. The predicted octanol–water partition coefficient (Wildman–Crippen LogP) is 0.645. The highest BCUT2D eigenvalue weighted by Gasteiger charge is 2.15. The first-order valence-corrected chi connectivity index (χ1v) is 4.40. The van der Waals surface area contributed by atoms with Crippen LogP contribution in [0.1, 0.15) is 6.92 Å². The van der Waals surface area contributed by atoms with Crippen molar-refractivity contribution in [3.63, 3.8) is 0 Å². The van der Waals surface area contributed by atoms with Crippen LogP contribution in [0.5, 0.6) is 0 Å². The smallest absolute Gasteiger partial charge is 0.0940 e. The normalized spacial score (nSPS) is 19.5. The molecule has 1 fully saturated rings. The van der Waals surface area contributed by atoms with Gasteiger partial charge in [0.05, 0.1) is 12.4 Å². The van der Waals surface area contributed by atoms with Gasteiger partial charge in [-0.25, -0.2) is 0 Å². The van der Waals surface area contributed by atoms with Gasteiger partial charge >= 0.3 is 0 Å². The Kier molecular flexibility index (Phi) is 3.41. The number of nitrogens with one attached hydrogen (secondary N) is 1. The average Bonchev–Trinajstić information content (AvgIpc) is 2.37. The highest BCUT2D eigenvalue weighted by Crippen LogP contribution is 2.08. The predicted molar refractivity (Wildman–Crippen MR) is 49.8 cm³/mol. The fourth-order valence-corrected chi connectivity index (χ4v) is 1.50. The van der Waals surface area contributed by atoms with Crippen LogP contribution in [0.3, 0.4) is 0 Å². The lowest BCUT2D eigenvalue weighted by Crippen LogP contribution is -2.27. The van der Waals surface area contributed by atoms with Gasteiger partial charge in [-0.3, -0.25) is 0 Å². The first-order valence-electron chi connectivity index (χ1n) is 4.40. The molecule has 1 aliphatic heterocycles. The van der Waals surface area contributed by atoms with E-state index in [-0.39, 0.29) is 0 Å². The molecule has 70 valence electrons. The zero-order chi connectivity index (χ0) is 8.97. The van der Waals surface area contributed by atoms with Crippen LogP contribution in [0.2, 0.25) is 0 Å². The summed E-state index contributed by atoms with van der Waals surface area (Å²) in [6, 6.07) is 0. The second kappa shape index (κ2) is 4.36. The van der Waals surface area contributed by atoms with Crippen molar-refractivity contribution in [1.82, 2.24) is 10.2 Å². The molecule has 0 amide bonds. The minimum Gasteiger partial charge on any atom is -0.384 e. The van der Waals surface area contributed by atoms with Crippen molar-refractivity contribution in [3.8, 4) is 0 Å². The Morgan fingerprint density at radius 3 is 3.00 bits per heavy atom. The van der Waals surface area contributed by atoms with Crippen molar-refractivity contribution in [3.05, 3.63) is 12.4 Å². The summed E-state index contributed by atoms with van der Waals surface area (Å²) in [7, 11) is 1.74. The highest BCUT2D eigenvalue weighted by atomic mass is 16.5. The maximum Gasteiger partial charge on any atom is 0.0940 e. The number of hydrogen-bond donors (Lipinski definition) is 1. The van der Waals surface area contributed by atoms with Gasteiger partial charge in [0.25, 0.3) is 0 Å². The molecule has 1 saturated heterocycles.